The van der Waals surface area contributed by atoms with Gasteiger partial charge < -0.3 is 25.4 Å². The highest BCUT2D eigenvalue weighted by molar-refractivity contribution is 5.97. The Bertz CT molecular complexity index is 882. The first kappa shape index (κ1) is 20.2. The van der Waals surface area contributed by atoms with Crippen molar-refractivity contribution in [1.29, 1.82) is 0 Å². The summed E-state index contributed by atoms with van der Waals surface area (Å²) < 4.78 is 10.6. The molecule has 2 aromatic rings. The Morgan fingerprint density at radius 3 is 2.66 bits per heavy atom. The Morgan fingerprint density at radius 1 is 1.14 bits per heavy atom. The number of hydrogen-bond donors (Lipinski definition) is 3. The lowest BCUT2D eigenvalue weighted by molar-refractivity contribution is -0.124. The minimum Gasteiger partial charge on any atom is -0.497 e. The lowest BCUT2D eigenvalue weighted by Crippen LogP contribution is -2.50. The van der Waals surface area contributed by atoms with Crippen LogP contribution in [-0.2, 0) is 9.59 Å². The number of hydrogen-bond acceptors (Lipinski definition) is 5. The van der Waals surface area contributed by atoms with Crippen LogP contribution in [-0.4, -0.2) is 44.0 Å². The van der Waals surface area contributed by atoms with E-state index >= 15 is 0 Å². The highest BCUT2D eigenvalue weighted by Crippen LogP contribution is 2.17. The van der Waals surface area contributed by atoms with Gasteiger partial charge in [-0.15, -0.1) is 0 Å². The van der Waals surface area contributed by atoms with E-state index < -0.39 is 6.04 Å². The van der Waals surface area contributed by atoms with Crippen LogP contribution in [0.1, 0.15) is 23.2 Å². The molecule has 1 fully saturated rings. The van der Waals surface area contributed by atoms with E-state index in [1.165, 1.54) is 0 Å². The predicted molar refractivity (Wildman–Crippen MR) is 107 cm³/mol. The van der Waals surface area contributed by atoms with Crippen LogP contribution in [0.2, 0.25) is 0 Å². The number of rotatable bonds is 7. The zero-order valence-electron chi connectivity index (χ0n) is 16.1. The number of carbonyl (C=O) groups excluding carboxylic acids is 3. The number of methoxy groups -OCH3 is 1. The minimum atomic E-state index is -0.507. The van der Waals surface area contributed by atoms with E-state index in [9.17, 15) is 14.4 Å². The van der Waals surface area contributed by atoms with Crippen LogP contribution in [0.5, 0.6) is 11.5 Å². The van der Waals surface area contributed by atoms with Crippen molar-refractivity contribution in [2.24, 2.45) is 0 Å². The summed E-state index contributed by atoms with van der Waals surface area (Å²) in [6.07, 6.45) is 1.46. The van der Waals surface area contributed by atoms with E-state index in [1.807, 2.05) is 0 Å². The monoisotopic (exact) mass is 397 g/mol. The third-order valence-electron chi connectivity index (χ3n) is 4.43. The quantitative estimate of drug-likeness (QED) is 0.660. The van der Waals surface area contributed by atoms with E-state index in [1.54, 1.807) is 55.6 Å². The number of carbonyl (C=O) groups is 3. The molecule has 3 rings (SSSR count). The van der Waals surface area contributed by atoms with Crippen LogP contribution in [0.4, 0.5) is 5.69 Å². The molecule has 0 spiro atoms. The molecule has 0 aliphatic carbocycles. The summed E-state index contributed by atoms with van der Waals surface area (Å²) in [6, 6.07) is 12.9. The van der Waals surface area contributed by atoms with Crippen molar-refractivity contribution in [2.75, 3.05) is 25.6 Å². The van der Waals surface area contributed by atoms with Gasteiger partial charge in [-0.2, -0.15) is 0 Å². The average molecular weight is 397 g/mol. The second kappa shape index (κ2) is 9.59. The molecule has 29 heavy (non-hydrogen) atoms. The number of amides is 3. The molecular formula is C21H23N3O5. The van der Waals surface area contributed by atoms with E-state index in [0.29, 0.717) is 35.7 Å². The third-order valence-corrected chi connectivity index (χ3v) is 4.43. The van der Waals surface area contributed by atoms with Gasteiger partial charge in [0, 0.05) is 23.9 Å². The third kappa shape index (κ3) is 5.71. The van der Waals surface area contributed by atoms with E-state index in [-0.39, 0.29) is 24.3 Å². The van der Waals surface area contributed by atoms with Crippen LogP contribution in [0.3, 0.4) is 0 Å². The Hall–Kier alpha value is -3.55. The Kier molecular flexibility index (Phi) is 6.67. The largest absolute Gasteiger partial charge is 0.497 e. The Labute approximate surface area is 168 Å². The smallest absolute Gasteiger partial charge is 0.262 e. The zero-order valence-corrected chi connectivity index (χ0v) is 16.1. The normalized spacial score (nSPS) is 15.8. The predicted octanol–water partition coefficient (Wildman–Crippen LogP) is 1.72. The first-order valence-corrected chi connectivity index (χ1v) is 9.30. The first-order valence-electron chi connectivity index (χ1n) is 9.30. The molecule has 0 saturated carbocycles. The molecule has 1 unspecified atom stereocenters. The van der Waals surface area contributed by atoms with Gasteiger partial charge in [-0.05, 0) is 49.2 Å². The molecule has 8 nitrogen and oxygen atoms in total. The van der Waals surface area contributed by atoms with Crippen molar-refractivity contribution in [3.8, 4) is 11.5 Å². The van der Waals surface area contributed by atoms with Crippen molar-refractivity contribution in [1.82, 2.24) is 10.6 Å². The van der Waals surface area contributed by atoms with Crippen LogP contribution < -0.4 is 25.4 Å². The minimum absolute atomic E-state index is 0.161. The zero-order chi connectivity index (χ0) is 20.6. The molecule has 1 atom stereocenters. The molecule has 1 heterocycles. The SMILES string of the molecule is COc1cccc(NC(=O)COc2ccc(C(=O)NC3CCCNC3=O)cc2)c1. The van der Waals surface area contributed by atoms with Gasteiger partial charge in [0.2, 0.25) is 5.91 Å². The molecule has 1 aliphatic rings. The average Bonchev–Trinajstić information content (AvgIpc) is 2.74. The van der Waals surface area contributed by atoms with Crippen LogP contribution in [0.25, 0.3) is 0 Å². The fourth-order valence-corrected chi connectivity index (χ4v) is 2.90. The van der Waals surface area contributed by atoms with Gasteiger partial charge >= 0.3 is 0 Å². The molecule has 152 valence electrons. The van der Waals surface area contributed by atoms with Gasteiger partial charge in [0.1, 0.15) is 17.5 Å². The molecule has 0 aromatic heterocycles. The molecular weight excluding hydrogens is 374 g/mol. The van der Waals surface area contributed by atoms with Crippen LogP contribution in [0.15, 0.2) is 48.5 Å². The standard InChI is InChI=1S/C21H23N3O5/c1-28-17-5-2-4-15(12-17)23-19(25)13-29-16-9-7-14(8-10-16)20(26)24-18-6-3-11-22-21(18)27/h2,4-5,7-10,12,18H,3,6,11,13H2,1H3,(H,22,27)(H,23,25)(H,24,26). The molecule has 3 N–H and O–H groups in total. The Morgan fingerprint density at radius 2 is 1.93 bits per heavy atom. The van der Waals surface area contributed by atoms with Crippen molar-refractivity contribution < 1.29 is 23.9 Å². The first-order chi connectivity index (χ1) is 14.0. The molecule has 8 heteroatoms. The maximum atomic E-state index is 12.3. The highest BCUT2D eigenvalue weighted by Gasteiger charge is 2.23. The summed E-state index contributed by atoms with van der Waals surface area (Å²) in [4.78, 5) is 36.1. The second-order valence-electron chi connectivity index (χ2n) is 6.55. The fourth-order valence-electron chi connectivity index (χ4n) is 2.90. The number of anilines is 1. The highest BCUT2D eigenvalue weighted by atomic mass is 16.5. The molecule has 3 amide bonds. The van der Waals surface area contributed by atoms with Crippen molar-refractivity contribution in [3.63, 3.8) is 0 Å². The summed E-state index contributed by atoms with van der Waals surface area (Å²) in [7, 11) is 1.55. The lowest BCUT2D eigenvalue weighted by Gasteiger charge is -2.22. The second-order valence-corrected chi connectivity index (χ2v) is 6.55. The van der Waals surface area contributed by atoms with E-state index in [2.05, 4.69) is 16.0 Å². The number of ether oxygens (including phenoxy) is 2. The van der Waals surface area contributed by atoms with Crippen LogP contribution in [0, 0.1) is 0 Å². The topological polar surface area (TPSA) is 106 Å². The van der Waals surface area contributed by atoms with Crippen molar-refractivity contribution in [3.05, 3.63) is 54.1 Å². The van der Waals surface area contributed by atoms with E-state index in [4.69, 9.17) is 9.47 Å². The van der Waals surface area contributed by atoms with Crippen LogP contribution >= 0.6 is 0 Å². The summed E-state index contributed by atoms with van der Waals surface area (Å²) >= 11 is 0. The summed E-state index contributed by atoms with van der Waals surface area (Å²) in [5.74, 6) is 0.297. The maximum absolute atomic E-state index is 12.3. The molecule has 2 aromatic carbocycles. The molecule has 0 radical (unpaired) electrons. The summed E-state index contributed by atoms with van der Waals surface area (Å²) in [5.41, 5.74) is 1.02. The maximum Gasteiger partial charge on any atom is 0.262 e. The van der Waals surface area contributed by atoms with E-state index in [0.717, 1.165) is 6.42 Å². The number of nitrogens with one attached hydrogen (secondary N) is 3. The van der Waals surface area contributed by atoms with Crippen molar-refractivity contribution in [2.45, 2.75) is 18.9 Å². The van der Waals surface area contributed by atoms with Gasteiger partial charge in [0.05, 0.1) is 7.11 Å². The number of piperidine rings is 1. The molecule has 0 bridgehead atoms. The van der Waals surface area contributed by atoms with Gasteiger partial charge in [0.15, 0.2) is 6.61 Å². The van der Waals surface area contributed by atoms with Gasteiger partial charge in [-0.3, -0.25) is 14.4 Å². The fraction of sp³-hybridized carbons (Fsp3) is 0.286. The summed E-state index contributed by atoms with van der Waals surface area (Å²) in [5, 5.41) is 8.18. The molecule has 1 saturated heterocycles. The van der Waals surface area contributed by atoms with Gasteiger partial charge in [-0.1, -0.05) is 6.07 Å². The van der Waals surface area contributed by atoms with Crippen molar-refractivity contribution >= 4 is 23.4 Å². The molecule has 1 aliphatic heterocycles. The Balaban J connectivity index is 1.49. The lowest BCUT2D eigenvalue weighted by atomic mass is 10.1. The van der Waals surface area contributed by atoms with Gasteiger partial charge in [-0.25, -0.2) is 0 Å². The summed E-state index contributed by atoms with van der Waals surface area (Å²) in [6.45, 7) is 0.466. The number of benzene rings is 2. The van der Waals surface area contributed by atoms with Gasteiger partial charge in [0.25, 0.3) is 11.8 Å².